The topological polar surface area (TPSA) is 29.1 Å². The highest BCUT2D eigenvalue weighted by atomic mass is 32.2. The van der Waals surface area contributed by atoms with Crippen LogP contribution in [0.4, 0.5) is 0 Å². The van der Waals surface area contributed by atoms with E-state index in [0.29, 0.717) is 23.5 Å². The summed E-state index contributed by atoms with van der Waals surface area (Å²) in [5.41, 5.74) is 3.33. The van der Waals surface area contributed by atoms with Crippen molar-refractivity contribution < 1.29 is 4.79 Å². The predicted molar refractivity (Wildman–Crippen MR) is 99.4 cm³/mol. The molecule has 1 heterocycles. The number of allylic oxidation sites excluding steroid dienone is 2. The van der Waals surface area contributed by atoms with Crippen LogP contribution in [0.1, 0.15) is 78.6 Å². The Kier molecular flexibility index (Phi) is 5.25. The third-order valence-electron chi connectivity index (χ3n) is 5.76. The van der Waals surface area contributed by atoms with E-state index >= 15 is 0 Å². The maximum Gasteiger partial charge on any atom is 0.159 e. The van der Waals surface area contributed by atoms with Gasteiger partial charge in [-0.3, -0.25) is 4.79 Å². The summed E-state index contributed by atoms with van der Waals surface area (Å²) in [6.07, 6.45) is 12.8. The van der Waals surface area contributed by atoms with Gasteiger partial charge in [-0.2, -0.15) is 0 Å². The Morgan fingerprint density at radius 2 is 1.91 bits per heavy atom. The number of nitrogens with one attached hydrogen (secondary N) is 1. The van der Waals surface area contributed by atoms with Gasteiger partial charge in [0, 0.05) is 23.8 Å². The first-order valence-electron chi connectivity index (χ1n) is 9.33. The van der Waals surface area contributed by atoms with E-state index in [1.165, 1.54) is 56.9 Å². The van der Waals surface area contributed by atoms with Crippen molar-refractivity contribution in [1.29, 1.82) is 0 Å². The number of carbonyl (C=O) groups is 1. The van der Waals surface area contributed by atoms with Gasteiger partial charge in [-0.05, 0) is 44.4 Å². The number of carbonyl (C=O) groups excluding carboxylic acids is 1. The number of thioether (sulfide) groups is 1. The highest BCUT2D eigenvalue weighted by Gasteiger charge is 2.36. The van der Waals surface area contributed by atoms with Gasteiger partial charge in [0.2, 0.25) is 0 Å². The summed E-state index contributed by atoms with van der Waals surface area (Å²) < 4.78 is 0. The number of ketones is 1. The largest absolute Gasteiger partial charge is 0.377 e. The van der Waals surface area contributed by atoms with Crippen LogP contribution in [0, 0.1) is 5.41 Å². The molecule has 2 aliphatic carbocycles. The SMILES string of the molecule is CC1=C(C2CC(=O)C=C(NC3CCCCC3)S2)C(C)(C)CCC1. The second kappa shape index (κ2) is 7.04. The first-order valence-corrected chi connectivity index (χ1v) is 10.2. The van der Waals surface area contributed by atoms with Gasteiger partial charge in [-0.1, -0.05) is 44.3 Å². The lowest BCUT2D eigenvalue weighted by atomic mass is 9.71. The van der Waals surface area contributed by atoms with Gasteiger partial charge in [0.15, 0.2) is 5.78 Å². The summed E-state index contributed by atoms with van der Waals surface area (Å²) >= 11 is 1.91. The molecule has 3 aliphatic rings. The number of hydrogen-bond acceptors (Lipinski definition) is 3. The van der Waals surface area contributed by atoms with E-state index < -0.39 is 0 Å². The Morgan fingerprint density at radius 1 is 1.17 bits per heavy atom. The average molecular weight is 334 g/mol. The molecule has 1 aliphatic heterocycles. The van der Waals surface area contributed by atoms with Crippen LogP contribution in [0.25, 0.3) is 0 Å². The van der Waals surface area contributed by atoms with E-state index in [9.17, 15) is 4.79 Å². The summed E-state index contributed by atoms with van der Waals surface area (Å²) in [5, 5.41) is 5.15. The summed E-state index contributed by atoms with van der Waals surface area (Å²) in [7, 11) is 0. The van der Waals surface area contributed by atoms with Crippen LogP contribution < -0.4 is 5.32 Å². The third-order valence-corrected chi connectivity index (χ3v) is 6.94. The van der Waals surface area contributed by atoms with Crippen LogP contribution in [0.2, 0.25) is 0 Å². The molecule has 0 spiro atoms. The van der Waals surface area contributed by atoms with E-state index in [1.54, 1.807) is 5.57 Å². The van der Waals surface area contributed by atoms with Gasteiger partial charge >= 0.3 is 0 Å². The Morgan fingerprint density at radius 3 is 2.61 bits per heavy atom. The van der Waals surface area contributed by atoms with Crippen molar-refractivity contribution in [3.05, 3.63) is 22.3 Å². The van der Waals surface area contributed by atoms with Gasteiger partial charge in [0.1, 0.15) is 0 Å². The summed E-state index contributed by atoms with van der Waals surface area (Å²) in [6, 6.07) is 0.573. The minimum absolute atomic E-state index is 0.244. The quantitative estimate of drug-likeness (QED) is 0.706. The van der Waals surface area contributed by atoms with Gasteiger partial charge in [0.25, 0.3) is 0 Å². The van der Waals surface area contributed by atoms with Crippen molar-refractivity contribution in [3.63, 3.8) is 0 Å². The van der Waals surface area contributed by atoms with Gasteiger partial charge < -0.3 is 5.32 Å². The minimum atomic E-state index is 0.244. The molecule has 0 aromatic carbocycles. The van der Waals surface area contributed by atoms with Crippen molar-refractivity contribution in [2.45, 2.75) is 89.9 Å². The molecule has 3 rings (SSSR count). The van der Waals surface area contributed by atoms with E-state index in [2.05, 4.69) is 26.1 Å². The molecule has 0 saturated heterocycles. The molecule has 0 bridgehead atoms. The summed E-state index contributed by atoms with van der Waals surface area (Å²) in [5.74, 6) is 0.300. The standard InChI is InChI=1S/C20H31NOS/c1-14-8-7-11-20(2,3)19(14)17-12-16(22)13-18(23-17)21-15-9-5-4-6-10-15/h13,15,17,21H,4-12H2,1-3H3. The highest BCUT2D eigenvalue weighted by molar-refractivity contribution is 8.03. The zero-order valence-electron chi connectivity index (χ0n) is 14.9. The van der Waals surface area contributed by atoms with Crippen LogP contribution in [0.5, 0.6) is 0 Å². The lowest BCUT2D eigenvalue weighted by Crippen LogP contribution is -2.35. The van der Waals surface area contributed by atoms with Gasteiger partial charge in [-0.15, -0.1) is 11.8 Å². The van der Waals surface area contributed by atoms with Gasteiger partial charge in [0.05, 0.1) is 5.03 Å². The smallest absolute Gasteiger partial charge is 0.159 e. The molecule has 1 atom stereocenters. The Balaban J connectivity index is 1.75. The Bertz CT molecular complexity index is 526. The molecule has 0 aromatic rings. The molecule has 1 unspecified atom stereocenters. The fraction of sp³-hybridized carbons (Fsp3) is 0.750. The van der Waals surface area contributed by atoms with Crippen LogP contribution in [0.3, 0.4) is 0 Å². The molecule has 128 valence electrons. The van der Waals surface area contributed by atoms with Crippen LogP contribution in [-0.4, -0.2) is 17.1 Å². The first kappa shape index (κ1) is 17.1. The van der Waals surface area contributed by atoms with E-state index in [-0.39, 0.29) is 5.41 Å². The predicted octanol–water partition coefficient (Wildman–Crippen LogP) is 5.35. The third kappa shape index (κ3) is 4.04. The zero-order chi connectivity index (χ0) is 16.4. The molecule has 1 fully saturated rings. The maximum absolute atomic E-state index is 12.3. The molecule has 23 heavy (non-hydrogen) atoms. The monoisotopic (exact) mass is 333 g/mol. The van der Waals surface area contributed by atoms with E-state index in [4.69, 9.17) is 0 Å². The van der Waals surface area contributed by atoms with Crippen molar-refractivity contribution in [2.75, 3.05) is 0 Å². The average Bonchev–Trinajstić information content (AvgIpc) is 2.46. The van der Waals surface area contributed by atoms with E-state index in [1.807, 2.05) is 17.8 Å². The number of rotatable bonds is 3. The maximum atomic E-state index is 12.3. The molecule has 2 nitrogen and oxygen atoms in total. The molecule has 0 amide bonds. The van der Waals surface area contributed by atoms with Crippen LogP contribution >= 0.6 is 11.8 Å². The second-order valence-corrected chi connectivity index (χ2v) is 9.44. The van der Waals surface area contributed by atoms with Crippen molar-refractivity contribution in [3.8, 4) is 0 Å². The molecular weight excluding hydrogens is 302 g/mol. The molecule has 0 aromatic heterocycles. The molecule has 3 heteroatoms. The van der Waals surface area contributed by atoms with E-state index in [0.717, 1.165) is 5.03 Å². The molecule has 1 N–H and O–H groups in total. The Hall–Kier alpha value is -0.700. The van der Waals surface area contributed by atoms with Crippen molar-refractivity contribution in [2.24, 2.45) is 5.41 Å². The summed E-state index contributed by atoms with van der Waals surface area (Å²) in [4.78, 5) is 12.3. The molecule has 1 saturated carbocycles. The second-order valence-electron chi connectivity index (χ2n) is 8.20. The fourth-order valence-electron chi connectivity index (χ4n) is 4.65. The summed E-state index contributed by atoms with van der Waals surface area (Å²) in [6.45, 7) is 7.01. The van der Waals surface area contributed by atoms with Crippen molar-refractivity contribution >= 4 is 17.5 Å². The van der Waals surface area contributed by atoms with Crippen LogP contribution in [-0.2, 0) is 4.79 Å². The normalized spacial score (nSPS) is 29.4. The zero-order valence-corrected chi connectivity index (χ0v) is 15.7. The van der Waals surface area contributed by atoms with Gasteiger partial charge in [-0.25, -0.2) is 0 Å². The number of hydrogen-bond donors (Lipinski definition) is 1. The molecule has 0 radical (unpaired) electrons. The minimum Gasteiger partial charge on any atom is -0.377 e. The Labute approximate surface area is 145 Å². The highest BCUT2D eigenvalue weighted by Crippen LogP contribution is 2.48. The lowest BCUT2D eigenvalue weighted by molar-refractivity contribution is -0.114. The first-order chi connectivity index (χ1) is 11.0. The van der Waals surface area contributed by atoms with Crippen LogP contribution in [0.15, 0.2) is 22.3 Å². The lowest BCUT2D eigenvalue weighted by Gasteiger charge is -2.40. The molecular formula is C20H31NOS. The van der Waals surface area contributed by atoms with Crippen molar-refractivity contribution in [1.82, 2.24) is 5.32 Å². The fourth-order valence-corrected chi connectivity index (χ4v) is 6.28.